The van der Waals surface area contributed by atoms with E-state index in [-0.39, 0.29) is 36.2 Å². The van der Waals surface area contributed by atoms with Crippen molar-refractivity contribution in [2.75, 3.05) is 17.2 Å². The van der Waals surface area contributed by atoms with Crippen LogP contribution in [0.3, 0.4) is 0 Å². The number of esters is 3. The predicted octanol–water partition coefficient (Wildman–Crippen LogP) is 11.7. The SMILES string of the molecule is CC(C)[C@@H]1CC[C@@H](C)C[C@H]1OC(=O)c1ccccc1N.CC(C)[C@@H]1CC[C@@H](C)C[C@H]1OC(=O)c1ccccc1N.CC1CCC(C(C)C)C(OC(=O)c2ccccc2N)C1. The summed E-state index contributed by atoms with van der Waals surface area (Å²) in [5, 5.41) is 0. The summed E-state index contributed by atoms with van der Waals surface area (Å²) in [7, 11) is 0. The molecular formula is C51H75N3O6. The van der Waals surface area contributed by atoms with E-state index in [9.17, 15) is 14.4 Å². The third kappa shape index (κ3) is 13.8. The first-order valence-electron chi connectivity index (χ1n) is 22.6. The second-order valence-corrected chi connectivity index (χ2v) is 19.1. The van der Waals surface area contributed by atoms with E-state index < -0.39 is 0 Å². The van der Waals surface area contributed by atoms with Gasteiger partial charge in [-0.05, 0) is 128 Å². The number of carbonyl (C=O) groups is 3. The number of nitrogens with two attached hydrogens (primary N) is 3. The topological polar surface area (TPSA) is 157 Å². The molecule has 330 valence electrons. The van der Waals surface area contributed by atoms with Gasteiger partial charge in [0.2, 0.25) is 0 Å². The van der Waals surface area contributed by atoms with E-state index in [0.717, 1.165) is 38.5 Å². The van der Waals surface area contributed by atoms with Crippen molar-refractivity contribution in [3.63, 3.8) is 0 Å². The van der Waals surface area contributed by atoms with Crippen LogP contribution in [0.5, 0.6) is 0 Å². The van der Waals surface area contributed by atoms with Crippen LogP contribution in [-0.4, -0.2) is 36.2 Å². The summed E-state index contributed by atoms with van der Waals surface area (Å²) in [5.74, 6) is 3.99. The summed E-state index contributed by atoms with van der Waals surface area (Å²) in [6.45, 7) is 19.9. The van der Waals surface area contributed by atoms with Gasteiger partial charge in [-0.15, -0.1) is 0 Å². The molecule has 0 saturated heterocycles. The highest BCUT2D eigenvalue weighted by Crippen LogP contribution is 2.38. The molecule has 0 radical (unpaired) electrons. The Labute approximate surface area is 360 Å². The summed E-state index contributed by atoms with van der Waals surface area (Å²) in [5.41, 5.74) is 20.4. The monoisotopic (exact) mass is 826 g/mol. The van der Waals surface area contributed by atoms with Crippen LogP contribution in [-0.2, 0) is 14.2 Å². The molecule has 3 aromatic carbocycles. The van der Waals surface area contributed by atoms with Crippen LogP contribution in [0.4, 0.5) is 17.1 Å². The zero-order valence-corrected chi connectivity index (χ0v) is 37.9. The number of para-hydroxylation sites is 3. The first-order valence-corrected chi connectivity index (χ1v) is 22.6. The van der Waals surface area contributed by atoms with Crippen molar-refractivity contribution in [2.45, 2.75) is 138 Å². The number of nitrogen functional groups attached to an aromatic ring is 3. The number of benzene rings is 3. The van der Waals surface area contributed by atoms with Crippen LogP contribution in [0.25, 0.3) is 0 Å². The van der Waals surface area contributed by atoms with Gasteiger partial charge in [0.1, 0.15) is 18.3 Å². The zero-order valence-electron chi connectivity index (χ0n) is 37.9. The number of ether oxygens (including phenoxy) is 3. The number of anilines is 3. The molecule has 3 aliphatic carbocycles. The molecule has 9 nitrogen and oxygen atoms in total. The Morgan fingerprint density at radius 3 is 0.883 bits per heavy atom. The zero-order chi connectivity index (χ0) is 44.1. The average Bonchev–Trinajstić information content (AvgIpc) is 3.18. The van der Waals surface area contributed by atoms with Crippen molar-refractivity contribution in [3.05, 3.63) is 89.5 Å². The number of hydrogen-bond donors (Lipinski definition) is 3. The molecular weight excluding hydrogens is 751 g/mol. The molecule has 3 aliphatic rings. The lowest BCUT2D eigenvalue weighted by atomic mass is 9.75. The molecule has 3 unspecified atom stereocenters. The van der Waals surface area contributed by atoms with Crippen LogP contribution >= 0.6 is 0 Å². The van der Waals surface area contributed by atoms with Gasteiger partial charge in [-0.3, -0.25) is 0 Å². The molecule has 0 aromatic heterocycles. The van der Waals surface area contributed by atoms with Crippen molar-refractivity contribution < 1.29 is 28.6 Å². The van der Waals surface area contributed by atoms with Crippen LogP contribution in [0.15, 0.2) is 72.8 Å². The minimum absolute atomic E-state index is 0.0193. The van der Waals surface area contributed by atoms with E-state index in [0.29, 0.717) is 87.0 Å². The van der Waals surface area contributed by atoms with E-state index in [1.54, 1.807) is 36.4 Å². The molecule has 0 amide bonds. The minimum Gasteiger partial charge on any atom is -0.458 e. The molecule has 3 aromatic rings. The second kappa shape index (κ2) is 22.9. The number of hydrogen-bond acceptors (Lipinski definition) is 9. The Morgan fingerprint density at radius 1 is 0.433 bits per heavy atom. The summed E-state index contributed by atoms with van der Waals surface area (Å²) in [4.78, 5) is 36.9. The van der Waals surface area contributed by atoms with Crippen molar-refractivity contribution in [2.24, 2.45) is 53.3 Å². The highest BCUT2D eigenvalue weighted by molar-refractivity contribution is 5.96. The maximum atomic E-state index is 12.3. The summed E-state index contributed by atoms with van der Waals surface area (Å²) in [6, 6.07) is 21.3. The van der Waals surface area contributed by atoms with Gasteiger partial charge in [0, 0.05) is 17.1 Å². The van der Waals surface area contributed by atoms with E-state index in [4.69, 9.17) is 31.4 Å². The molecule has 3 fully saturated rings. The molecule has 9 atom stereocenters. The van der Waals surface area contributed by atoms with E-state index >= 15 is 0 Å². The Bertz CT molecular complexity index is 1620. The van der Waals surface area contributed by atoms with E-state index in [1.807, 2.05) is 36.4 Å². The molecule has 3 saturated carbocycles. The Balaban J connectivity index is 0.000000198. The van der Waals surface area contributed by atoms with Gasteiger partial charge in [-0.2, -0.15) is 0 Å². The maximum Gasteiger partial charge on any atom is 0.340 e. The van der Waals surface area contributed by atoms with Gasteiger partial charge in [0.25, 0.3) is 0 Å². The van der Waals surface area contributed by atoms with Gasteiger partial charge in [-0.25, -0.2) is 14.4 Å². The van der Waals surface area contributed by atoms with Gasteiger partial charge < -0.3 is 31.4 Å². The van der Waals surface area contributed by atoms with E-state index in [1.165, 1.54) is 19.3 Å². The van der Waals surface area contributed by atoms with Crippen LogP contribution in [0.1, 0.15) is 151 Å². The van der Waals surface area contributed by atoms with Crippen molar-refractivity contribution in [1.82, 2.24) is 0 Å². The average molecular weight is 826 g/mol. The Kier molecular flexibility index (Phi) is 18.4. The summed E-state index contributed by atoms with van der Waals surface area (Å²) >= 11 is 0. The first kappa shape index (κ1) is 48.1. The lowest BCUT2D eigenvalue weighted by Gasteiger charge is -2.36. The molecule has 6 N–H and O–H groups in total. The fourth-order valence-electron chi connectivity index (χ4n) is 9.40. The van der Waals surface area contributed by atoms with Gasteiger partial charge in [0.15, 0.2) is 0 Å². The normalized spacial score (nSPS) is 26.5. The first-order chi connectivity index (χ1) is 28.5. The molecule has 9 heteroatoms. The molecule has 60 heavy (non-hydrogen) atoms. The predicted molar refractivity (Wildman–Crippen MR) is 244 cm³/mol. The van der Waals surface area contributed by atoms with E-state index in [2.05, 4.69) is 62.3 Å². The molecule has 0 spiro atoms. The maximum absolute atomic E-state index is 12.3. The molecule has 6 rings (SSSR count). The Hall–Kier alpha value is -4.53. The molecule has 0 aliphatic heterocycles. The third-order valence-electron chi connectivity index (χ3n) is 13.2. The third-order valence-corrected chi connectivity index (χ3v) is 13.2. The highest BCUT2D eigenvalue weighted by atomic mass is 16.6. The van der Waals surface area contributed by atoms with Crippen LogP contribution < -0.4 is 17.2 Å². The summed E-state index contributed by atoms with van der Waals surface area (Å²) < 4.78 is 17.4. The Morgan fingerprint density at radius 2 is 0.667 bits per heavy atom. The summed E-state index contributed by atoms with van der Waals surface area (Å²) in [6.07, 6.45) is 10.0. The smallest absolute Gasteiger partial charge is 0.340 e. The fourth-order valence-corrected chi connectivity index (χ4v) is 9.40. The minimum atomic E-state index is -0.284. The largest absolute Gasteiger partial charge is 0.458 e. The van der Waals surface area contributed by atoms with Crippen LogP contribution in [0.2, 0.25) is 0 Å². The lowest BCUT2D eigenvalue weighted by molar-refractivity contribution is -0.0180. The standard InChI is InChI=1S/3C17H25NO2/c3*1-11(2)13-9-8-12(3)10-16(13)20-17(19)14-6-4-5-7-15(14)18/h3*4-7,11-13,16H,8-10,18H2,1-3H3/t2*12-,13+,16-;/m11./s1. The van der Waals surface area contributed by atoms with Gasteiger partial charge in [-0.1, -0.05) is 118 Å². The van der Waals surface area contributed by atoms with Gasteiger partial charge >= 0.3 is 17.9 Å². The van der Waals surface area contributed by atoms with Crippen molar-refractivity contribution in [3.8, 4) is 0 Å². The molecule has 0 heterocycles. The number of rotatable bonds is 9. The molecule has 0 bridgehead atoms. The quantitative estimate of drug-likeness (QED) is 0.108. The van der Waals surface area contributed by atoms with Gasteiger partial charge in [0.05, 0.1) is 16.7 Å². The lowest BCUT2D eigenvalue weighted by Crippen LogP contribution is -2.36. The fraction of sp³-hybridized carbons (Fsp3) is 0.588. The highest BCUT2D eigenvalue weighted by Gasteiger charge is 2.36. The van der Waals surface area contributed by atoms with Crippen molar-refractivity contribution in [1.29, 1.82) is 0 Å². The van der Waals surface area contributed by atoms with Crippen LogP contribution in [0, 0.1) is 53.3 Å². The van der Waals surface area contributed by atoms with Crippen molar-refractivity contribution >= 4 is 35.0 Å². The second-order valence-electron chi connectivity index (χ2n) is 19.1. The number of carbonyl (C=O) groups excluding carboxylic acids is 3.